The molecular weight excluding hydrogens is 276 g/mol. The van der Waals surface area contributed by atoms with Crippen molar-refractivity contribution in [3.63, 3.8) is 0 Å². The Morgan fingerprint density at radius 3 is 2.90 bits per heavy atom. The maximum atomic E-state index is 12.3. The molecular formula is C14H18N2O3S. The predicted molar refractivity (Wildman–Crippen MR) is 77.3 cm³/mol. The summed E-state index contributed by atoms with van der Waals surface area (Å²) in [6, 6.07) is 1.13. The minimum absolute atomic E-state index is 0.149. The molecule has 1 aliphatic rings. The Labute approximate surface area is 122 Å². The third-order valence-corrected chi connectivity index (χ3v) is 3.95. The van der Waals surface area contributed by atoms with Crippen LogP contribution >= 0.6 is 11.3 Å². The van der Waals surface area contributed by atoms with Crippen molar-refractivity contribution < 1.29 is 14.3 Å². The summed E-state index contributed by atoms with van der Waals surface area (Å²) in [5.74, 6) is -0.388. The molecule has 20 heavy (non-hydrogen) atoms. The second-order valence-electron chi connectivity index (χ2n) is 4.75. The van der Waals surface area contributed by atoms with Gasteiger partial charge in [0.05, 0.1) is 17.7 Å². The number of hydrogen-bond acceptors (Lipinski definition) is 4. The molecule has 0 aliphatic carbocycles. The standard InChI is InChI=1S/C14H18N2O3S/c1-4-8(2)19-13(17)11-9(3)15-14(18)16-12(11)10-5-6-20-7-10/h5-8,12H,4H2,1-3H3,(H2,15,16,18). The van der Waals surface area contributed by atoms with Crippen molar-refractivity contribution in [3.8, 4) is 0 Å². The number of carbonyl (C=O) groups is 2. The van der Waals surface area contributed by atoms with Gasteiger partial charge in [0.25, 0.3) is 0 Å². The molecule has 1 aliphatic heterocycles. The fraction of sp³-hybridized carbons (Fsp3) is 0.429. The van der Waals surface area contributed by atoms with Gasteiger partial charge < -0.3 is 15.4 Å². The van der Waals surface area contributed by atoms with Gasteiger partial charge in [-0.15, -0.1) is 0 Å². The number of rotatable bonds is 4. The molecule has 6 heteroatoms. The Kier molecular flexibility index (Phi) is 4.44. The summed E-state index contributed by atoms with van der Waals surface area (Å²) in [5.41, 5.74) is 1.89. The zero-order valence-electron chi connectivity index (χ0n) is 11.7. The van der Waals surface area contributed by atoms with E-state index >= 15 is 0 Å². The van der Waals surface area contributed by atoms with Crippen LogP contribution in [0.1, 0.15) is 38.8 Å². The lowest BCUT2D eigenvalue weighted by molar-refractivity contribution is -0.144. The summed E-state index contributed by atoms with van der Waals surface area (Å²) >= 11 is 1.52. The number of amides is 2. The predicted octanol–water partition coefficient (Wildman–Crippen LogP) is 2.72. The summed E-state index contributed by atoms with van der Waals surface area (Å²) in [4.78, 5) is 23.9. The first kappa shape index (κ1) is 14.6. The number of nitrogens with one attached hydrogen (secondary N) is 2. The van der Waals surface area contributed by atoms with Gasteiger partial charge in [-0.2, -0.15) is 11.3 Å². The number of allylic oxidation sites excluding steroid dienone is 1. The van der Waals surface area contributed by atoms with Crippen LogP contribution in [0.2, 0.25) is 0 Å². The molecule has 0 saturated heterocycles. The molecule has 5 nitrogen and oxygen atoms in total. The fourth-order valence-electron chi connectivity index (χ4n) is 1.98. The number of thiophene rings is 1. The van der Waals surface area contributed by atoms with E-state index in [9.17, 15) is 9.59 Å². The van der Waals surface area contributed by atoms with Gasteiger partial charge in [-0.3, -0.25) is 0 Å². The highest BCUT2D eigenvalue weighted by atomic mass is 32.1. The summed E-state index contributed by atoms with van der Waals surface area (Å²) in [6.45, 7) is 5.52. The lowest BCUT2D eigenvalue weighted by atomic mass is 9.98. The molecule has 2 atom stereocenters. The van der Waals surface area contributed by atoms with Crippen molar-refractivity contribution in [2.45, 2.75) is 39.3 Å². The van der Waals surface area contributed by atoms with E-state index in [1.54, 1.807) is 6.92 Å². The Hall–Kier alpha value is -1.82. The zero-order valence-corrected chi connectivity index (χ0v) is 12.5. The van der Waals surface area contributed by atoms with Gasteiger partial charge in [0.15, 0.2) is 0 Å². The van der Waals surface area contributed by atoms with E-state index in [1.807, 2.05) is 30.7 Å². The van der Waals surface area contributed by atoms with Crippen LogP contribution in [-0.4, -0.2) is 18.1 Å². The maximum Gasteiger partial charge on any atom is 0.338 e. The molecule has 1 aromatic heterocycles. The lowest BCUT2D eigenvalue weighted by Crippen LogP contribution is -2.45. The van der Waals surface area contributed by atoms with E-state index in [0.717, 1.165) is 12.0 Å². The molecule has 0 radical (unpaired) electrons. The lowest BCUT2D eigenvalue weighted by Gasteiger charge is -2.28. The number of hydrogen-bond donors (Lipinski definition) is 2. The van der Waals surface area contributed by atoms with Crippen molar-refractivity contribution in [1.29, 1.82) is 0 Å². The van der Waals surface area contributed by atoms with Crippen LogP contribution in [0.25, 0.3) is 0 Å². The number of carbonyl (C=O) groups excluding carboxylic acids is 2. The van der Waals surface area contributed by atoms with Gasteiger partial charge in [-0.1, -0.05) is 6.92 Å². The monoisotopic (exact) mass is 294 g/mol. The normalized spacial score (nSPS) is 20.1. The van der Waals surface area contributed by atoms with E-state index in [2.05, 4.69) is 10.6 Å². The molecule has 0 bridgehead atoms. The quantitative estimate of drug-likeness (QED) is 0.839. The van der Waals surface area contributed by atoms with Crippen LogP contribution in [0.4, 0.5) is 4.79 Å². The van der Waals surface area contributed by atoms with Crippen LogP contribution in [0.3, 0.4) is 0 Å². The molecule has 0 aromatic carbocycles. The number of ether oxygens (including phenoxy) is 1. The van der Waals surface area contributed by atoms with E-state index in [4.69, 9.17) is 4.74 Å². The molecule has 1 aromatic rings. The van der Waals surface area contributed by atoms with Crippen LogP contribution < -0.4 is 10.6 Å². The zero-order chi connectivity index (χ0) is 14.7. The molecule has 0 fully saturated rings. The Morgan fingerprint density at radius 1 is 1.55 bits per heavy atom. The van der Waals surface area contributed by atoms with Gasteiger partial charge in [0.1, 0.15) is 0 Å². The van der Waals surface area contributed by atoms with Gasteiger partial charge >= 0.3 is 12.0 Å². The first-order chi connectivity index (χ1) is 9.52. The number of esters is 1. The maximum absolute atomic E-state index is 12.3. The highest BCUT2D eigenvalue weighted by Gasteiger charge is 2.32. The smallest absolute Gasteiger partial charge is 0.338 e. The second kappa shape index (κ2) is 6.09. The second-order valence-corrected chi connectivity index (χ2v) is 5.53. The average Bonchev–Trinajstić information content (AvgIpc) is 2.91. The fourth-order valence-corrected chi connectivity index (χ4v) is 2.67. The highest BCUT2D eigenvalue weighted by Crippen LogP contribution is 2.29. The van der Waals surface area contributed by atoms with Crippen LogP contribution in [-0.2, 0) is 9.53 Å². The van der Waals surface area contributed by atoms with E-state index in [1.165, 1.54) is 11.3 Å². The summed E-state index contributed by atoms with van der Waals surface area (Å²) in [6.07, 6.45) is 0.601. The Morgan fingerprint density at radius 2 is 2.30 bits per heavy atom. The topological polar surface area (TPSA) is 67.4 Å². The van der Waals surface area contributed by atoms with Crippen molar-refractivity contribution in [3.05, 3.63) is 33.7 Å². The van der Waals surface area contributed by atoms with Crippen LogP contribution in [0.15, 0.2) is 28.1 Å². The van der Waals surface area contributed by atoms with Gasteiger partial charge in [0.2, 0.25) is 0 Å². The van der Waals surface area contributed by atoms with Crippen molar-refractivity contribution in [2.75, 3.05) is 0 Å². The summed E-state index contributed by atoms with van der Waals surface area (Å²) < 4.78 is 5.39. The minimum Gasteiger partial charge on any atom is -0.459 e. The summed E-state index contributed by atoms with van der Waals surface area (Å²) in [5, 5.41) is 9.22. The van der Waals surface area contributed by atoms with Gasteiger partial charge in [-0.05, 0) is 42.7 Å². The van der Waals surface area contributed by atoms with E-state index in [0.29, 0.717) is 11.3 Å². The van der Waals surface area contributed by atoms with Crippen molar-refractivity contribution >= 4 is 23.3 Å². The average molecular weight is 294 g/mol. The Balaban J connectivity index is 2.31. The third-order valence-electron chi connectivity index (χ3n) is 3.25. The molecule has 108 valence electrons. The van der Waals surface area contributed by atoms with Crippen LogP contribution in [0, 0.1) is 0 Å². The highest BCUT2D eigenvalue weighted by molar-refractivity contribution is 7.08. The molecule has 2 heterocycles. The molecule has 2 rings (SSSR count). The number of urea groups is 1. The molecule has 2 amide bonds. The molecule has 0 spiro atoms. The van der Waals surface area contributed by atoms with E-state index in [-0.39, 0.29) is 18.1 Å². The van der Waals surface area contributed by atoms with Gasteiger partial charge in [0, 0.05) is 5.70 Å². The first-order valence-corrected chi connectivity index (χ1v) is 7.48. The minimum atomic E-state index is -0.452. The summed E-state index contributed by atoms with van der Waals surface area (Å²) in [7, 11) is 0. The third kappa shape index (κ3) is 3.01. The van der Waals surface area contributed by atoms with E-state index < -0.39 is 6.04 Å². The van der Waals surface area contributed by atoms with Crippen LogP contribution in [0.5, 0.6) is 0 Å². The molecule has 2 unspecified atom stereocenters. The van der Waals surface area contributed by atoms with Gasteiger partial charge in [-0.25, -0.2) is 9.59 Å². The van der Waals surface area contributed by atoms with Crippen molar-refractivity contribution in [1.82, 2.24) is 10.6 Å². The molecule has 2 N–H and O–H groups in total. The first-order valence-electron chi connectivity index (χ1n) is 6.54. The Bertz CT molecular complexity index is 537. The largest absolute Gasteiger partial charge is 0.459 e. The SMILES string of the molecule is CCC(C)OC(=O)C1=C(C)NC(=O)NC1c1ccsc1. The molecule has 0 saturated carbocycles. The van der Waals surface area contributed by atoms with Crippen molar-refractivity contribution in [2.24, 2.45) is 0 Å².